The molecule has 1 aliphatic carbocycles. The topological polar surface area (TPSA) is 42.0 Å². The van der Waals surface area contributed by atoms with Crippen LogP contribution in [0.15, 0.2) is 34.9 Å². The quantitative estimate of drug-likeness (QED) is 0.825. The SMILES string of the molecule is Cc1nc(C2=CC3=C(C=CC2)NC(=O)C3)cs1. The maximum Gasteiger partial charge on any atom is 0.228 e. The van der Waals surface area contributed by atoms with Crippen molar-refractivity contribution >= 4 is 22.8 Å². The molecule has 4 heteroatoms. The zero-order chi connectivity index (χ0) is 11.8. The van der Waals surface area contributed by atoms with Gasteiger partial charge in [-0.2, -0.15) is 0 Å². The summed E-state index contributed by atoms with van der Waals surface area (Å²) in [7, 11) is 0. The molecule has 0 unspecified atom stereocenters. The van der Waals surface area contributed by atoms with E-state index in [1.54, 1.807) is 11.3 Å². The van der Waals surface area contributed by atoms with Gasteiger partial charge in [-0.25, -0.2) is 4.98 Å². The number of thiazole rings is 1. The molecule has 0 bridgehead atoms. The van der Waals surface area contributed by atoms with Crippen LogP contribution < -0.4 is 5.32 Å². The molecule has 2 heterocycles. The lowest BCUT2D eigenvalue weighted by Crippen LogP contribution is -2.13. The van der Waals surface area contributed by atoms with Crippen molar-refractivity contribution in [3.8, 4) is 0 Å². The van der Waals surface area contributed by atoms with E-state index in [-0.39, 0.29) is 5.91 Å². The molecule has 0 aromatic carbocycles. The summed E-state index contributed by atoms with van der Waals surface area (Å²) < 4.78 is 0. The average Bonchev–Trinajstić information content (AvgIpc) is 2.80. The molecule has 3 rings (SSSR count). The van der Waals surface area contributed by atoms with Crippen LogP contribution in [-0.2, 0) is 4.79 Å². The van der Waals surface area contributed by atoms with Crippen molar-refractivity contribution in [2.45, 2.75) is 19.8 Å². The Morgan fingerprint density at radius 1 is 1.47 bits per heavy atom. The molecule has 3 nitrogen and oxygen atoms in total. The molecule has 0 radical (unpaired) electrons. The molecule has 1 aliphatic heterocycles. The molecule has 0 spiro atoms. The molecule has 1 aromatic heterocycles. The number of nitrogens with one attached hydrogen (secondary N) is 1. The van der Waals surface area contributed by atoms with Gasteiger partial charge in [0.15, 0.2) is 0 Å². The monoisotopic (exact) mass is 244 g/mol. The number of amides is 1. The number of carbonyl (C=O) groups is 1. The van der Waals surface area contributed by atoms with Crippen LogP contribution in [0.5, 0.6) is 0 Å². The third-order valence-electron chi connectivity index (χ3n) is 2.89. The van der Waals surface area contributed by atoms with Crippen LogP contribution >= 0.6 is 11.3 Å². The molecule has 86 valence electrons. The zero-order valence-corrected chi connectivity index (χ0v) is 10.3. The van der Waals surface area contributed by atoms with Crippen molar-refractivity contribution in [3.63, 3.8) is 0 Å². The third-order valence-corrected chi connectivity index (χ3v) is 3.66. The fourth-order valence-corrected chi connectivity index (χ4v) is 2.72. The minimum absolute atomic E-state index is 0.0756. The van der Waals surface area contributed by atoms with Crippen LogP contribution in [0.3, 0.4) is 0 Å². The fourth-order valence-electron chi connectivity index (χ4n) is 2.08. The van der Waals surface area contributed by atoms with Crippen LogP contribution in [0.4, 0.5) is 0 Å². The number of hydrogen-bond donors (Lipinski definition) is 1. The molecular weight excluding hydrogens is 232 g/mol. The van der Waals surface area contributed by atoms with E-state index >= 15 is 0 Å². The first-order chi connectivity index (χ1) is 8.22. The van der Waals surface area contributed by atoms with Crippen LogP contribution in [0, 0.1) is 6.92 Å². The van der Waals surface area contributed by atoms with Gasteiger partial charge in [-0.15, -0.1) is 11.3 Å². The van der Waals surface area contributed by atoms with E-state index < -0.39 is 0 Å². The molecular formula is C13H12N2OS. The summed E-state index contributed by atoms with van der Waals surface area (Å²) >= 11 is 1.66. The van der Waals surface area contributed by atoms with Gasteiger partial charge < -0.3 is 5.32 Å². The number of hydrogen-bond acceptors (Lipinski definition) is 3. The number of nitrogens with zero attached hydrogens (tertiary/aromatic N) is 1. The van der Waals surface area contributed by atoms with Gasteiger partial charge in [0.1, 0.15) is 0 Å². The number of rotatable bonds is 1. The van der Waals surface area contributed by atoms with Crippen LogP contribution in [0.2, 0.25) is 0 Å². The Morgan fingerprint density at radius 3 is 3.12 bits per heavy atom. The fraction of sp³-hybridized carbons (Fsp3) is 0.231. The number of aryl methyl sites for hydroxylation is 1. The van der Waals surface area contributed by atoms with E-state index in [0.29, 0.717) is 6.42 Å². The molecule has 1 N–H and O–H groups in total. The summed E-state index contributed by atoms with van der Waals surface area (Å²) in [4.78, 5) is 15.8. The predicted molar refractivity (Wildman–Crippen MR) is 68.4 cm³/mol. The Bertz CT molecular complexity index is 578. The lowest BCUT2D eigenvalue weighted by atomic mass is 10.1. The van der Waals surface area contributed by atoms with Crippen molar-refractivity contribution in [3.05, 3.63) is 45.6 Å². The van der Waals surface area contributed by atoms with E-state index in [4.69, 9.17) is 0 Å². The highest BCUT2D eigenvalue weighted by molar-refractivity contribution is 7.09. The van der Waals surface area contributed by atoms with Crippen molar-refractivity contribution in [2.75, 3.05) is 0 Å². The Labute approximate surface area is 104 Å². The van der Waals surface area contributed by atoms with E-state index in [2.05, 4.69) is 27.8 Å². The van der Waals surface area contributed by atoms with Gasteiger partial charge in [-0.1, -0.05) is 12.2 Å². The van der Waals surface area contributed by atoms with Gasteiger partial charge in [-0.05, 0) is 30.6 Å². The molecule has 0 saturated heterocycles. The first-order valence-corrected chi connectivity index (χ1v) is 6.43. The minimum Gasteiger partial charge on any atom is -0.326 e. The lowest BCUT2D eigenvalue weighted by molar-refractivity contribution is -0.118. The summed E-state index contributed by atoms with van der Waals surface area (Å²) in [6, 6.07) is 0. The predicted octanol–water partition coefficient (Wildman–Crippen LogP) is 2.57. The Kier molecular flexibility index (Phi) is 2.44. The minimum atomic E-state index is 0.0756. The van der Waals surface area contributed by atoms with Crippen molar-refractivity contribution in [1.82, 2.24) is 10.3 Å². The average molecular weight is 244 g/mol. The third kappa shape index (κ3) is 1.96. The van der Waals surface area contributed by atoms with Crippen LogP contribution in [0.25, 0.3) is 5.57 Å². The first kappa shape index (κ1) is 10.5. The van der Waals surface area contributed by atoms with Crippen LogP contribution in [0.1, 0.15) is 23.5 Å². The Morgan fingerprint density at radius 2 is 2.35 bits per heavy atom. The lowest BCUT2D eigenvalue weighted by Gasteiger charge is -2.00. The van der Waals surface area contributed by atoms with E-state index in [1.165, 1.54) is 5.57 Å². The molecule has 1 aromatic rings. The summed E-state index contributed by atoms with van der Waals surface area (Å²) in [6.07, 6.45) is 7.51. The van der Waals surface area contributed by atoms with Crippen molar-refractivity contribution < 1.29 is 4.79 Å². The molecule has 17 heavy (non-hydrogen) atoms. The second-order valence-corrected chi connectivity index (χ2v) is 5.25. The van der Waals surface area contributed by atoms with Crippen LogP contribution in [-0.4, -0.2) is 10.9 Å². The van der Waals surface area contributed by atoms with Gasteiger partial charge in [0.25, 0.3) is 0 Å². The van der Waals surface area contributed by atoms with Gasteiger partial charge in [0.2, 0.25) is 5.91 Å². The largest absolute Gasteiger partial charge is 0.326 e. The number of allylic oxidation sites excluding steroid dienone is 4. The normalized spacial score (nSPS) is 18.9. The summed E-state index contributed by atoms with van der Waals surface area (Å²) in [5.41, 5.74) is 4.23. The van der Waals surface area contributed by atoms with Gasteiger partial charge in [0, 0.05) is 11.1 Å². The van der Waals surface area contributed by atoms with E-state index in [0.717, 1.165) is 28.4 Å². The molecule has 0 saturated carbocycles. The summed E-state index contributed by atoms with van der Waals surface area (Å²) in [5.74, 6) is 0.0756. The molecule has 2 aliphatic rings. The molecule has 1 amide bonds. The van der Waals surface area contributed by atoms with Crippen molar-refractivity contribution in [2.24, 2.45) is 0 Å². The first-order valence-electron chi connectivity index (χ1n) is 5.55. The maximum atomic E-state index is 11.3. The summed E-state index contributed by atoms with van der Waals surface area (Å²) in [6.45, 7) is 2.01. The molecule has 0 atom stereocenters. The van der Waals surface area contributed by atoms with E-state index in [9.17, 15) is 4.79 Å². The Balaban J connectivity index is 2.00. The highest BCUT2D eigenvalue weighted by Gasteiger charge is 2.20. The zero-order valence-electron chi connectivity index (χ0n) is 9.49. The highest BCUT2D eigenvalue weighted by atomic mass is 32.1. The number of aromatic nitrogens is 1. The van der Waals surface area contributed by atoms with Crippen molar-refractivity contribution in [1.29, 1.82) is 0 Å². The highest BCUT2D eigenvalue weighted by Crippen LogP contribution is 2.29. The Hall–Kier alpha value is -1.68. The number of carbonyl (C=O) groups excluding carboxylic acids is 1. The smallest absolute Gasteiger partial charge is 0.228 e. The maximum absolute atomic E-state index is 11.3. The van der Waals surface area contributed by atoms with Gasteiger partial charge in [-0.3, -0.25) is 4.79 Å². The van der Waals surface area contributed by atoms with E-state index in [1.807, 2.05) is 13.0 Å². The summed E-state index contributed by atoms with van der Waals surface area (Å²) in [5, 5.41) is 6.01. The second kappa shape index (κ2) is 3.96. The standard InChI is InChI=1S/C13H12N2OS/c1-8-14-12(7-17-8)9-3-2-4-11-10(5-9)6-13(16)15-11/h2,4-5,7H,3,6H2,1H3,(H,15,16). The van der Waals surface area contributed by atoms with Gasteiger partial charge in [0.05, 0.1) is 17.1 Å². The second-order valence-electron chi connectivity index (χ2n) is 4.19. The molecule has 0 fully saturated rings. The van der Waals surface area contributed by atoms with Gasteiger partial charge >= 0.3 is 0 Å².